The highest BCUT2D eigenvalue weighted by Crippen LogP contribution is 2.15. The highest BCUT2D eigenvalue weighted by molar-refractivity contribution is 14.0. The van der Waals surface area contributed by atoms with E-state index in [2.05, 4.69) is 10.3 Å². The molecule has 1 aromatic rings. The number of ether oxygens (including phenoxy) is 1. The number of carbonyl (C=O) groups excluding carboxylic acids is 1. The van der Waals surface area contributed by atoms with Crippen molar-refractivity contribution in [2.24, 2.45) is 10.7 Å². The molecule has 1 aromatic carbocycles. The van der Waals surface area contributed by atoms with Crippen LogP contribution < -0.4 is 11.1 Å². The molecular weight excluding hydrogens is 401 g/mol. The summed E-state index contributed by atoms with van der Waals surface area (Å²) in [6, 6.07) is 7.52. The Morgan fingerprint density at radius 3 is 2.67 bits per heavy atom. The van der Waals surface area contributed by atoms with E-state index in [0.29, 0.717) is 11.7 Å². The SMILES string of the molecule is CSC(N)=Nc1cccc(CNC(=O)OC(C)(C)C)c1.I. The molecule has 0 saturated heterocycles. The number of nitrogens with two attached hydrogens (primary N) is 1. The van der Waals surface area contributed by atoms with Gasteiger partial charge < -0.3 is 15.8 Å². The summed E-state index contributed by atoms with van der Waals surface area (Å²) < 4.78 is 5.17. The number of carbonyl (C=O) groups is 1. The van der Waals surface area contributed by atoms with E-state index in [1.54, 1.807) is 0 Å². The molecule has 0 unspecified atom stereocenters. The van der Waals surface area contributed by atoms with Crippen molar-refractivity contribution in [2.75, 3.05) is 6.26 Å². The van der Waals surface area contributed by atoms with Gasteiger partial charge in [-0.05, 0) is 44.7 Å². The van der Waals surface area contributed by atoms with Gasteiger partial charge in [0.15, 0.2) is 5.17 Å². The topological polar surface area (TPSA) is 76.7 Å². The molecule has 0 aliphatic rings. The number of amides is 1. The van der Waals surface area contributed by atoms with Crippen molar-refractivity contribution >= 4 is 52.7 Å². The average molecular weight is 423 g/mol. The van der Waals surface area contributed by atoms with Gasteiger partial charge in [-0.2, -0.15) is 0 Å². The first-order valence-corrected chi connectivity index (χ1v) is 7.46. The van der Waals surface area contributed by atoms with E-state index in [1.165, 1.54) is 11.8 Å². The average Bonchev–Trinajstić information content (AvgIpc) is 2.34. The summed E-state index contributed by atoms with van der Waals surface area (Å²) in [6.07, 6.45) is 1.43. The molecule has 0 aromatic heterocycles. The van der Waals surface area contributed by atoms with Crippen molar-refractivity contribution < 1.29 is 9.53 Å². The van der Waals surface area contributed by atoms with Gasteiger partial charge in [-0.3, -0.25) is 0 Å². The molecule has 0 saturated carbocycles. The Morgan fingerprint density at radius 1 is 1.43 bits per heavy atom. The summed E-state index contributed by atoms with van der Waals surface area (Å²) >= 11 is 1.39. The maximum absolute atomic E-state index is 11.6. The van der Waals surface area contributed by atoms with Crippen LogP contribution in [0.3, 0.4) is 0 Å². The lowest BCUT2D eigenvalue weighted by Gasteiger charge is -2.19. The lowest BCUT2D eigenvalue weighted by molar-refractivity contribution is 0.0523. The van der Waals surface area contributed by atoms with Gasteiger partial charge >= 0.3 is 6.09 Å². The second kappa shape index (κ2) is 9.14. The minimum Gasteiger partial charge on any atom is -0.444 e. The number of nitrogens with one attached hydrogen (secondary N) is 1. The number of rotatable bonds is 3. The molecule has 1 amide bonds. The maximum atomic E-state index is 11.6. The van der Waals surface area contributed by atoms with Crippen molar-refractivity contribution in [1.82, 2.24) is 5.32 Å². The largest absolute Gasteiger partial charge is 0.444 e. The summed E-state index contributed by atoms with van der Waals surface area (Å²) in [5.41, 5.74) is 6.87. The zero-order chi connectivity index (χ0) is 15.2. The molecular formula is C14H22IN3O2S. The summed E-state index contributed by atoms with van der Waals surface area (Å²) in [6.45, 7) is 5.87. The van der Waals surface area contributed by atoms with Gasteiger partial charge in [-0.25, -0.2) is 9.79 Å². The normalized spacial score (nSPS) is 11.5. The Bertz CT molecular complexity index is 501. The van der Waals surface area contributed by atoms with Crippen molar-refractivity contribution in [3.63, 3.8) is 0 Å². The third kappa shape index (κ3) is 8.82. The predicted molar refractivity (Wildman–Crippen MR) is 99.7 cm³/mol. The van der Waals surface area contributed by atoms with Gasteiger partial charge in [0, 0.05) is 6.54 Å². The van der Waals surface area contributed by atoms with Crippen LogP contribution in [0.2, 0.25) is 0 Å². The van der Waals surface area contributed by atoms with Crippen LogP contribution in [0.1, 0.15) is 26.3 Å². The number of benzene rings is 1. The van der Waals surface area contributed by atoms with E-state index in [9.17, 15) is 4.79 Å². The van der Waals surface area contributed by atoms with Crippen molar-refractivity contribution in [2.45, 2.75) is 32.9 Å². The first-order chi connectivity index (χ1) is 9.30. The number of aliphatic imine (C=N–C) groups is 1. The van der Waals surface area contributed by atoms with Crippen LogP contribution in [0.25, 0.3) is 0 Å². The van der Waals surface area contributed by atoms with E-state index in [-0.39, 0.29) is 24.0 Å². The van der Waals surface area contributed by atoms with E-state index < -0.39 is 11.7 Å². The fourth-order valence-electron chi connectivity index (χ4n) is 1.40. The molecule has 3 N–H and O–H groups in total. The molecule has 0 heterocycles. The van der Waals surface area contributed by atoms with Crippen LogP contribution >= 0.6 is 35.7 Å². The smallest absolute Gasteiger partial charge is 0.407 e. The van der Waals surface area contributed by atoms with E-state index in [4.69, 9.17) is 10.5 Å². The molecule has 5 nitrogen and oxygen atoms in total. The molecule has 118 valence electrons. The van der Waals surface area contributed by atoms with Gasteiger partial charge in [-0.1, -0.05) is 23.9 Å². The van der Waals surface area contributed by atoms with Crippen LogP contribution in [-0.2, 0) is 11.3 Å². The summed E-state index contributed by atoms with van der Waals surface area (Å²) in [4.78, 5) is 15.8. The highest BCUT2D eigenvalue weighted by Gasteiger charge is 2.15. The first kappa shape index (κ1) is 20.0. The number of hydrogen-bond acceptors (Lipinski definition) is 4. The van der Waals surface area contributed by atoms with E-state index >= 15 is 0 Å². The summed E-state index contributed by atoms with van der Waals surface area (Å²) in [5.74, 6) is 0. The Morgan fingerprint density at radius 2 is 2.10 bits per heavy atom. The van der Waals surface area contributed by atoms with Crippen LogP contribution in [-0.4, -0.2) is 23.1 Å². The predicted octanol–water partition coefficient (Wildman–Crippen LogP) is 3.64. The molecule has 1 rings (SSSR count). The molecule has 0 atom stereocenters. The monoisotopic (exact) mass is 423 g/mol. The van der Waals surface area contributed by atoms with Gasteiger partial charge in [0.2, 0.25) is 0 Å². The third-order valence-electron chi connectivity index (χ3n) is 2.19. The Balaban J connectivity index is 0.00000400. The van der Waals surface area contributed by atoms with E-state index in [1.807, 2.05) is 51.3 Å². The zero-order valence-corrected chi connectivity index (χ0v) is 15.8. The van der Waals surface area contributed by atoms with Crippen LogP contribution in [0.5, 0.6) is 0 Å². The highest BCUT2D eigenvalue weighted by atomic mass is 127. The number of nitrogens with zero attached hydrogens (tertiary/aromatic N) is 1. The van der Waals surface area contributed by atoms with Gasteiger partial charge in [0.25, 0.3) is 0 Å². The molecule has 0 radical (unpaired) electrons. The van der Waals surface area contributed by atoms with Gasteiger partial charge in [0.05, 0.1) is 5.69 Å². The number of thioether (sulfide) groups is 1. The fraction of sp³-hybridized carbons (Fsp3) is 0.429. The Labute approximate surface area is 147 Å². The quantitative estimate of drug-likeness (QED) is 0.442. The number of amidine groups is 1. The number of hydrogen-bond donors (Lipinski definition) is 2. The zero-order valence-electron chi connectivity index (χ0n) is 12.7. The number of halogens is 1. The second-order valence-corrected chi connectivity index (χ2v) is 6.01. The molecule has 0 aliphatic heterocycles. The van der Waals surface area contributed by atoms with Gasteiger partial charge in [-0.15, -0.1) is 24.0 Å². The summed E-state index contributed by atoms with van der Waals surface area (Å²) in [5, 5.41) is 3.21. The molecule has 0 aliphatic carbocycles. The first-order valence-electron chi connectivity index (χ1n) is 6.24. The second-order valence-electron chi connectivity index (χ2n) is 5.18. The van der Waals surface area contributed by atoms with Crippen molar-refractivity contribution in [3.8, 4) is 0 Å². The molecule has 0 bridgehead atoms. The van der Waals surface area contributed by atoms with Crippen molar-refractivity contribution in [1.29, 1.82) is 0 Å². The standard InChI is InChI=1S/C14H21N3O2S.HI/c1-14(2,3)19-13(18)16-9-10-6-5-7-11(8-10)17-12(15)20-4;/h5-8H,9H2,1-4H3,(H2,15,17)(H,16,18);1H. The van der Waals surface area contributed by atoms with Crippen molar-refractivity contribution in [3.05, 3.63) is 29.8 Å². The third-order valence-corrected chi connectivity index (χ3v) is 2.70. The van der Waals surface area contributed by atoms with Crippen LogP contribution in [0.15, 0.2) is 29.3 Å². The van der Waals surface area contributed by atoms with Crippen LogP contribution in [0.4, 0.5) is 10.5 Å². The fourth-order valence-corrected chi connectivity index (χ4v) is 1.59. The lowest BCUT2D eigenvalue weighted by atomic mass is 10.2. The van der Waals surface area contributed by atoms with E-state index in [0.717, 1.165) is 11.3 Å². The molecule has 21 heavy (non-hydrogen) atoms. The Hall–Kier alpha value is -0.960. The lowest BCUT2D eigenvalue weighted by Crippen LogP contribution is -2.32. The number of alkyl carbamates (subject to hydrolysis) is 1. The Kier molecular flexibility index (Phi) is 8.72. The van der Waals surface area contributed by atoms with Gasteiger partial charge in [0.1, 0.15) is 5.60 Å². The summed E-state index contributed by atoms with van der Waals surface area (Å²) in [7, 11) is 0. The molecule has 7 heteroatoms. The molecule has 0 fully saturated rings. The minimum atomic E-state index is -0.497. The van der Waals surface area contributed by atoms with Crippen LogP contribution in [0, 0.1) is 0 Å². The molecule has 0 spiro atoms. The minimum absolute atomic E-state index is 0. The maximum Gasteiger partial charge on any atom is 0.407 e.